The molecule has 0 radical (unpaired) electrons. The fraction of sp³-hybridized carbons (Fsp3) is 0.714. The average Bonchev–Trinajstić information content (AvgIpc) is 3.68. The Morgan fingerprint density at radius 3 is 2.42 bits per heavy atom. The highest BCUT2D eigenvalue weighted by molar-refractivity contribution is 8.15. The summed E-state index contributed by atoms with van der Waals surface area (Å²) in [6, 6.07) is 0. The van der Waals surface area contributed by atoms with E-state index in [9.17, 15) is 57.9 Å². The van der Waals surface area contributed by atoms with Gasteiger partial charge in [0.25, 0.3) is 0 Å². The first-order chi connectivity index (χ1) is 26.6. The van der Waals surface area contributed by atoms with Crippen molar-refractivity contribution in [1.29, 1.82) is 0 Å². The summed E-state index contributed by atoms with van der Waals surface area (Å²) >= 11 is 2.69. The van der Waals surface area contributed by atoms with Crippen LogP contribution in [0.4, 0.5) is 5.82 Å². The summed E-state index contributed by atoms with van der Waals surface area (Å²) in [7, 11) is -16.4. The van der Waals surface area contributed by atoms with Gasteiger partial charge in [0.15, 0.2) is 22.8 Å². The number of nitrogen functional groups attached to an aromatic ring is 1. The van der Waals surface area contributed by atoms with E-state index in [1.165, 1.54) is 13.8 Å². The first kappa shape index (κ1) is 49.3. The molecular formula is C28H48N7O17P3S2. The van der Waals surface area contributed by atoms with E-state index in [0.29, 0.717) is 11.5 Å². The molecule has 0 bridgehead atoms. The van der Waals surface area contributed by atoms with E-state index in [0.717, 1.165) is 54.0 Å². The molecular weight excluding hydrogens is 863 g/mol. The van der Waals surface area contributed by atoms with Gasteiger partial charge in [0, 0.05) is 30.7 Å². The van der Waals surface area contributed by atoms with Crippen LogP contribution in [0.2, 0.25) is 0 Å². The molecule has 0 saturated carbocycles. The zero-order valence-corrected chi connectivity index (χ0v) is 35.3. The first-order valence-electron chi connectivity index (χ1n) is 17.2. The van der Waals surface area contributed by atoms with E-state index in [2.05, 4.69) is 41.3 Å². The minimum Gasteiger partial charge on any atom is -0.386 e. The predicted molar refractivity (Wildman–Crippen MR) is 204 cm³/mol. The molecule has 57 heavy (non-hydrogen) atoms. The van der Waals surface area contributed by atoms with Crippen molar-refractivity contribution in [2.45, 2.75) is 77.1 Å². The highest BCUT2D eigenvalue weighted by atomic mass is 32.2. The quantitative estimate of drug-likeness (QED) is 0.0486. The molecule has 324 valence electrons. The molecule has 0 aliphatic carbocycles. The Hall–Kier alpha value is -2.09. The molecule has 0 aromatic carbocycles. The summed E-state index contributed by atoms with van der Waals surface area (Å²) in [6.45, 7) is 2.65. The monoisotopic (exact) mass is 911 g/mol. The van der Waals surface area contributed by atoms with Crippen LogP contribution >= 0.6 is 47.0 Å². The predicted octanol–water partition coefficient (Wildman–Crippen LogP) is 0.588. The smallest absolute Gasteiger partial charge is 0.386 e. The number of phosphoric acid groups is 3. The number of hydrogen-bond donors (Lipinski definition) is 9. The number of carbonyl (C=O) groups excluding carboxylic acids is 3. The van der Waals surface area contributed by atoms with Crippen molar-refractivity contribution in [2.24, 2.45) is 5.41 Å². The number of anilines is 1. The normalized spacial score (nSPS) is 21.5. The second kappa shape index (κ2) is 22.0. The average molecular weight is 912 g/mol. The number of nitrogens with two attached hydrogens (primary N) is 1. The summed E-state index contributed by atoms with van der Waals surface area (Å²) in [5.41, 5.74) is 4.27. The molecule has 2 amide bonds. The molecule has 7 atom stereocenters. The number of imidazole rings is 1. The Morgan fingerprint density at radius 2 is 1.74 bits per heavy atom. The van der Waals surface area contributed by atoms with Crippen LogP contribution < -0.4 is 16.4 Å². The van der Waals surface area contributed by atoms with Crippen LogP contribution in [0, 0.1) is 5.41 Å². The van der Waals surface area contributed by atoms with Crippen LogP contribution in [0.5, 0.6) is 0 Å². The molecule has 3 rings (SSSR count). The SMILES string of the molecule is CCCCCSCC(=O)SCCNC(=O)CCNC(=O)C(O)C(C)(C)COP(=O)(O)OP(=O)(O)OCC1OC(n2cnc3c(N)ncnc32)C(O)C1OP(=O)(O)O. The molecule has 29 heteroatoms. The minimum absolute atomic E-state index is 0.0164. The second-order valence-corrected chi connectivity index (χ2v) is 19.5. The van der Waals surface area contributed by atoms with E-state index < -0.39 is 84.6 Å². The lowest BCUT2D eigenvalue weighted by Gasteiger charge is -2.30. The minimum atomic E-state index is -5.57. The number of nitrogens with one attached hydrogen (secondary N) is 2. The van der Waals surface area contributed by atoms with Gasteiger partial charge in [-0.3, -0.25) is 32.5 Å². The lowest BCUT2D eigenvalue weighted by Crippen LogP contribution is -2.46. The highest BCUT2D eigenvalue weighted by Gasteiger charge is 2.50. The van der Waals surface area contributed by atoms with Gasteiger partial charge in [-0.2, -0.15) is 16.1 Å². The summed E-state index contributed by atoms with van der Waals surface area (Å²) < 4.78 is 62.1. The zero-order valence-electron chi connectivity index (χ0n) is 31.0. The number of phosphoric ester groups is 3. The van der Waals surface area contributed by atoms with Crippen molar-refractivity contribution < 1.29 is 80.5 Å². The first-order valence-corrected chi connectivity index (χ1v) is 23.8. The third-order valence-corrected chi connectivity index (χ3v) is 13.1. The Morgan fingerprint density at radius 1 is 1.04 bits per heavy atom. The van der Waals surface area contributed by atoms with Crippen LogP contribution in [0.1, 0.15) is 52.7 Å². The molecule has 2 aromatic heterocycles. The van der Waals surface area contributed by atoms with E-state index in [4.69, 9.17) is 19.5 Å². The van der Waals surface area contributed by atoms with E-state index in [-0.39, 0.29) is 41.6 Å². The number of ether oxygens (including phenoxy) is 1. The van der Waals surface area contributed by atoms with Crippen LogP contribution in [-0.4, -0.2) is 134 Å². The molecule has 10 N–H and O–H groups in total. The second-order valence-electron chi connectivity index (χ2n) is 13.0. The van der Waals surface area contributed by atoms with Crippen molar-refractivity contribution >= 4 is 80.9 Å². The topological polar surface area (TPSA) is 364 Å². The van der Waals surface area contributed by atoms with Crippen LogP contribution in [0.25, 0.3) is 11.2 Å². The number of fused-ring (bicyclic) bond motifs is 1. The lowest BCUT2D eigenvalue weighted by atomic mass is 9.87. The van der Waals surface area contributed by atoms with E-state index in [1.54, 1.807) is 11.8 Å². The number of aliphatic hydroxyl groups excluding tert-OH is 2. The number of thioether (sulfide) groups is 2. The number of carbonyl (C=O) groups is 3. The molecule has 1 fully saturated rings. The Balaban J connectivity index is 1.45. The van der Waals surface area contributed by atoms with Crippen molar-refractivity contribution in [2.75, 3.05) is 49.3 Å². The fourth-order valence-electron chi connectivity index (χ4n) is 4.95. The molecule has 2 aromatic rings. The molecule has 1 aliphatic heterocycles. The number of aliphatic hydroxyl groups is 2. The van der Waals surface area contributed by atoms with E-state index >= 15 is 0 Å². The van der Waals surface area contributed by atoms with Crippen LogP contribution in [0.15, 0.2) is 12.7 Å². The molecule has 0 spiro atoms. The maximum absolute atomic E-state index is 12.7. The summed E-state index contributed by atoms with van der Waals surface area (Å²) in [6.07, 6.45) is -3.61. The number of rotatable bonds is 25. The van der Waals surface area contributed by atoms with Gasteiger partial charge >= 0.3 is 23.5 Å². The van der Waals surface area contributed by atoms with Gasteiger partial charge in [-0.1, -0.05) is 45.4 Å². The van der Waals surface area contributed by atoms with Gasteiger partial charge in [0.2, 0.25) is 11.8 Å². The Labute approximate surface area is 335 Å². The number of hydrogen-bond acceptors (Lipinski definition) is 19. The number of amides is 2. The third kappa shape index (κ3) is 16.1. The third-order valence-electron chi connectivity index (χ3n) is 7.88. The zero-order chi connectivity index (χ0) is 42.6. The molecule has 1 aliphatic rings. The lowest BCUT2D eigenvalue weighted by molar-refractivity contribution is -0.137. The Kier molecular flexibility index (Phi) is 19.0. The van der Waals surface area contributed by atoms with Crippen molar-refractivity contribution in [3.8, 4) is 0 Å². The van der Waals surface area contributed by atoms with Crippen LogP contribution in [-0.2, 0) is 50.7 Å². The summed E-state index contributed by atoms with van der Waals surface area (Å²) in [5.74, 6) is 0.256. The number of nitrogens with zero attached hydrogens (tertiary/aromatic N) is 4. The summed E-state index contributed by atoms with van der Waals surface area (Å²) in [4.78, 5) is 87.6. The largest absolute Gasteiger partial charge is 0.481 e. The van der Waals surface area contributed by atoms with Crippen molar-refractivity contribution in [1.82, 2.24) is 30.2 Å². The van der Waals surface area contributed by atoms with Gasteiger partial charge < -0.3 is 50.9 Å². The van der Waals surface area contributed by atoms with Gasteiger partial charge in [-0.15, -0.1) is 0 Å². The van der Waals surface area contributed by atoms with Gasteiger partial charge in [-0.05, 0) is 12.2 Å². The van der Waals surface area contributed by atoms with E-state index in [1.807, 2.05) is 0 Å². The van der Waals surface area contributed by atoms with Gasteiger partial charge in [0.05, 0.1) is 25.3 Å². The molecule has 3 heterocycles. The molecule has 1 saturated heterocycles. The van der Waals surface area contributed by atoms with Crippen molar-refractivity contribution in [3.05, 3.63) is 12.7 Å². The van der Waals surface area contributed by atoms with Crippen LogP contribution in [0.3, 0.4) is 0 Å². The fourth-order valence-corrected chi connectivity index (χ4v) is 9.51. The number of unbranched alkanes of at least 4 members (excludes halogenated alkanes) is 2. The molecule has 7 unspecified atom stereocenters. The Bertz CT molecular complexity index is 1820. The van der Waals surface area contributed by atoms with Crippen molar-refractivity contribution in [3.63, 3.8) is 0 Å². The summed E-state index contributed by atoms with van der Waals surface area (Å²) in [5, 5.41) is 26.4. The standard InChI is InChI=1S/C28H48N7O17P3S2/c1-4-5-6-10-56-13-19(37)57-11-9-30-18(36)7-8-31-26(40)23(39)28(2,3)14-49-55(46,47)52-54(44,45)48-12-17-22(51-53(41,42)43)21(38)27(50-17)35-16-34-20-24(29)32-15-33-25(20)35/h15-17,21-23,27,38-39H,4-14H2,1-3H3,(H,30,36)(H,31,40)(H,44,45)(H,46,47)(H2,29,32,33)(H2,41,42,43). The highest BCUT2D eigenvalue weighted by Crippen LogP contribution is 2.61. The van der Waals surface area contributed by atoms with Gasteiger partial charge in [0.1, 0.15) is 36.3 Å². The van der Waals surface area contributed by atoms with Gasteiger partial charge in [-0.25, -0.2) is 28.6 Å². The maximum Gasteiger partial charge on any atom is 0.481 e. The maximum atomic E-state index is 12.7. The number of aromatic nitrogens is 4. The molecule has 24 nitrogen and oxygen atoms in total.